The highest BCUT2D eigenvalue weighted by Crippen LogP contribution is 2.06. The van der Waals surface area contributed by atoms with Crippen LogP contribution in [0.15, 0.2) is 0 Å². The average molecular weight is 375 g/mol. The molecule has 5 heteroatoms. The lowest BCUT2D eigenvalue weighted by atomic mass is 10.1. The minimum atomic E-state index is -0.128. The Kier molecular flexibility index (Phi) is 21.8. The number of unbranched alkanes of at least 4 members (excludes halogenated alkanes) is 7. The summed E-state index contributed by atoms with van der Waals surface area (Å²) in [5, 5.41) is 0. The first kappa shape index (κ1) is 25.4. The third-order valence-electron chi connectivity index (χ3n) is 4.07. The van der Waals surface area contributed by atoms with E-state index in [2.05, 4.69) is 13.8 Å². The van der Waals surface area contributed by atoms with Gasteiger partial charge < -0.3 is 18.9 Å². The van der Waals surface area contributed by atoms with E-state index in [4.69, 9.17) is 18.9 Å². The van der Waals surface area contributed by atoms with Crippen molar-refractivity contribution in [3.05, 3.63) is 0 Å². The van der Waals surface area contributed by atoms with Crippen LogP contribution in [0.3, 0.4) is 0 Å². The molecule has 0 aliphatic carbocycles. The lowest BCUT2D eigenvalue weighted by Gasteiger charge is -2.07. The van der Waals surface area contributed by atoms with Gasteiger partial charge in [-0.05, 0) is 19.3 Å². The van der Waals surface area contributed by atoms with Gasteiger partial charge in [-0.2, -0.15) is 0 Å². The molecule has 0 heterocycles. The topological polar surface area (TPSA) is 54.0 Å². The number of hydrogen-bond acceptors (Lipinski definition) is 5. The highest BCUT2D eigenvalue weighted by molar-refractivity contribution is 5.69. The first-order valence-electron chi connectivity index (χ1n) is 10.7. The molecule has 0 aromatic heterocycles. The van der Waals surface area contributed by atoms with Crippen LogP contribution in [-0.2, 0) is 23.7 Å². The molecular formula is C21H42O5. The van der Waals surface area contributed by atoms with Gasteiger partial charge >= 0.3 is 5.97 Å². The van der Waals surface area contributed by atoms with Crippen molar-refractivity contribution in [1.82, 2.24) is 0 Å². The predicted molar refractivity (Wildman–Crippen MR) is 106 cm³/mol. The highest BCUT2D eigenvalue weighted by atomic mass is 16.5. The number of ether oxygens (including phenoxy) is 4. The van der Waals surface area contributed by atoms with Crippen molar-refractivity contribution in [2.24, 2.45) is 0 Å². The molecule has 0 amide bonds. The zero-order valence-electron chi connectivity index (χ0n) is 17.3. The lowest BCUT2D eigenvalue weighted by molar-refractivity contribution is -0.144. The van der Waals surface area contributed by atoms with Crippen molar-refractivity contribution < 1.29 is 23.7 Å². The summed E-state index contributed by atoms with van der Waals surface area (Å²) in [6.07, 6.45) is 12.2. The summed E-state index contributed by atoms with van der Waals surface area (Å²) in [4.78, 5) is 11.4. The van der Waals surface area contributed by atoms with E-state index in [1.807, 2.05) is 0 Å². The van der Waals surface area contributed by atoms with Gasteiger partial charge in [0.2, 0.25) is 0 Å². The van der Waals surface area contributed by atoms with E-state index in [0.29, 0.717) is 52.5 Å². The Balaban J connectivity index is 3.06. The molecule has 0 saturated carbocycles. The maximum Gasteiger partial charge on any atom is 0.305 e. The fourth-order valence-corrected chi connectivity index (χ4v) is 2.42. The molecule has 5 nitrogen and oxygen atoms in total. The van der Waals surface area contributed by atoms with E-state index in [9.17, 15) is 4.79 Å². The van der Waals surface area contributed by atoms with E-state index in [1.54, 1.807) is 0 Å². The number of esters is 1. The van der Waals surface area contributed by atoms with Gasteiger partial charge in [0.05, 0.1) is 33.0 Å². The van der Waals surface area contributed by atoms with Crippen LogP contribution < -0.4 is 0 Å². The molecule has 0 aliphatic heterocycles. The molecule has 0 bridgehead atoms. The molecule has 0 atom stereocenters. The van der Waals surface area contributed by atoms with E-state index in [-0.39, 0.29) is 5.97 Å². The number of carbonyl (C=O) groups is 1. The van der Waals surface area contributed by atoms with Crippen LogP contribution >= 0.6 is 0 Å². The van der Waals surface area contributed by atoms with Crippen molar-refractivity contribution in [1.29, 1.82) is 0 Å². The van der Waals surface area contributed by atoms with Gasteiger partial charge in [-0.15, -0.1) is 0 Å². The minimum absolute atomic E-state index is 0.128. The normalized spacial score (nSPS) is 11.0. The fraction of sp³-hybridized carbons (Fsp3) is 0.952. The average Bonchev–Trinajstić information content (AvgIpc) is 2.64. The summed E-state index contributed by atoms with van der Waals surface area (Å²) < 4.78 is 21.5. The Morgan fingerprint density at radius 2 is 1.04 bits per heavy atom. The van der Waals surface area contributed by atoms with E-state index in [1.165, 1.54) is 38.5 Å². The molecule has 0 fully saturated rings. The van der Waals surface area contributed by atoms with E-state index < -0.39 is 0 Å². The zero-order valence-corrected chi connectivity index (χ0v) is 17.3. The second-order valence-corrected chi connectivity index (χ2v) is 6.64. The third kappa shape index (κ3) is 21.4. The summed E-state index contributed by atoms with van der Waals surface area (Å²) in [5.74, 6) is -0.128. The molecular weight excluding hydrogens is 332 g/mol. The van der Waals surface area contributed by atoms with Crippen molar-refractivity contribution in [3.63, 3.8) is 0 Å². The van der Waals surface area contributed by atoms with Crippen LogP contribution in [-0.4, -0.2) is 52.2 Å². The van der Waals surface area contributed by atoms with Crippen molar-refractivity contribution >= 4 is 5.97 Å². The molecule has 0 saturated heterocycles. The summed E-state index contributed by atoms with van der Waals surface area (Å²) in [7, 11) is 0. The summed E-state index contributed by atoms with van der Waals surface area (Å²) >= 11 is 0. The monoisotopic (exact) mass is 374 g/mol. The maximum atomic E-state index is 11.4. The molecule has 0 radical (unpaired) electrons. The first-order valence-corrected chi connectivity index (χ1v) is 10.7. The minimum Gasteiger partial charge on any atom is -0.466 e. The van der Waals surface area contributed by atoms with Gasteiger partial charge in [-0.25, -0.2) is 0 Å². The molecule has 0 spiro atoms. The highest BCUT2D eigenvalue weighted by Gasteiger charge is 2.01. The van der Waals surface area contributed by atoms with Crippen LogP contribution in [0.4, 0.5) is 0 Å². The number of carbonyl (C=O) groups excluding carboxylic acids is 1. The van der Waals surface area contributed by atoms with Crippen molar-refractivity contribution in [2.75, 3.05) is 46.2 Å². The molecule has 0 N–H and O–H groups in total. The van der Waals surface area contributed by atoms with Crippen molar-refractivity contribution in [2.45, 2.75) is 84.5 Å². The Bertz CT molecular complexity index is 284. The third-order valence-corrected chi connectivity index (χ3v) is 4.07. The Morgan fingerprint density at radius 3 is 1.65 bits per heavy atom. The molecule has 0 aromatic carbocycles. The molecule has 0 aliphatic rings. The first-order chi connectivity index (χ1) is 12.8. The standard InChI is InChI=1S/C21H42O5/c1-3-5-7-8-9-10-11-14-23-17-19-25-20-18-24-15-12-13-21(22)26-16-6-4-2/h3-20H2,1-2H3. The molecule has 26 heavy (non-hydrogen) atoms. The van der Waals surface area contributed by atoms with Gasteiger partial charge in [-0.1, -0.05) is 58.8 Å². The van der Waals surface area contributed by atoms with Gasteiger partial charge in [0.25, 0.3) is 0 Å². The molecule has 0 aromatic rings. The van der Waals surface area contributed by atoms with Gasteiger partial charge in [0.15, 0.2) is 0 Å². The summed E-state index contributed by atoms with van der Waals surface area (Å²) in [5.41, 5.74) is 0. The largest absolute Gasteiger partial charge is 0.466 e. The van der Waals surface area contributed by atoms with Gasteiger partial charge in [0, 0.05) is 19.6 Å². The second-order valence-electron chi connectivity index (χ2n) is 6.64. The Hall–Kier alpha value is -0.650. The van der Waals surface area contributed by atoms with Gasteiger partial charge in [-0.3, -0.25) is 4.79 Å². The smallest absolute Gasteiger partial charge is 0.305 e. The predicted octanol–water partition coefficient (Wildman–Crippen LogP) is 4.91. The molecule has 156 valence electrons. The summed E-state index contributed by atoms with van der Waals surface area (Å²) in [6, 6.07) is 0. The quantitative estimate of drug-likeness (QED) is 0.211. The lowest BCUT2D eigenvalue weighted by Crippen LogP contribution is -2.11. The van der Waals surface area contributed by atoms with Crippen molar-refractivity contribution in [3.8, 4) is 0 Å². The second kappa shape index (κ2) is 22.4. The SMILES string of the molecule is CCCCCCCCCOCCOCCOCCCC(=O)OCCCC. The molecule has 0 rings (SSSR count). The van der Waals surface area contributed by atoms with E-state index >= 15 is 0 Å². The Labute approximate surface area is 161 Å². The van der Waals surface area contributed by atoms with Gasteiger partial charge in [0.1, 0.15) is 0 Å². The van der Waals surface area contributed by atoms with Crippen LogP contribution in [0, 0.1) is 0 Å². The number of rotatable bonds is 21. The van der Waals surface area contributed by atoms with Crippen LogP contribution in [0.25, 0.3) is 0 Å². The summed E-state index contributed by atoms with van der Waals surface area (Å²) in [6.45, 7) is 8.66. The van der Waals surface area contributed by atoms with Crippen LogP contribution in [0.1, 0.15) is 84.5 Å². The van der Waals surface area contributed by atoms with Crippen LogP contribution in [0.2, 0.25) is 0 Å². The maximum absolute atomic E-state index is 11.4. The Morgan fingerprint density at radius 1 is 0.538 bits per heavy atom. The fourth-order valence-electron chi connectivity index (χ4n) is 2.42. The van der Waals surface area contributed by atoms with E-state index in [0.717, 1.165) is 25.9 Å². The van der Waals surface area contributed by atoms with Crippen LogP contribution in [0.5, 0.6) is 0 Å². The number of hydrogen-bond donors (Lipinski definition) is 0. The molecule has 0 unspecified atom stereocenters. The zero-order chi connectivity index (χ0) is 19.1.